The largest absolute Gasteiger partial charge is 0.463 e. The zero-order chi connectivity index (χ0) is 13.2. The van der Waals surface area contributed by atoms with Crippen molar-refractivity contribution in [3.63, 3.8) is 0 Å². The molecule has 0 aliphatic heterocycles. The molecule has 0 aromatic carbocycles. The van der Waals surface area contributed by atoms with Crippen LogP contribution in [0.25, 0.3) is 10.3 Å². The molecule has 0 aliphatic carbocycles. The maximum atomic E-state index is 11.5. The molecule has 3 rings (SSSR count). The normalized spacial score (nSPS) is 10.8. The Hall–Kier alpha value is -2.20. The summed E-state index contributed by atoms with van der Waals surface area (Å²) < 4.78 is 5.39. The Bertz CT molecular complexity index is 848. The highest BCUT2D eigenvalue weighted by Crippen LogP contribution is 2.20. The van der Waals surface area contributed by atoms with Crippen molar-refractivity contribution in [2.24, 2.45) is 5.10 Å². The summed E-state index contributed by atoms with van der Waals surface area (Å²) in [5.74, 6) is 0.583. The number of nitrogens with one attached hydrogen (secondary N) is 3. The highest BCUT2D eigenvalue weighted by molar-refractivity contribution is 8.93. The van der Waals surface area contributed by atoms with Gasteiger partial charge in [0.15, 0.2) is 5.65 Å². The minimum Gasteiger partial charge on any atom is -0.463 e. The Balaban J connectivity index is 0.00000147. The number of H-pyrrole nitrogens is 2. The fourth-order valence-electron chi connectivity index (χ4n) is 1.42. The Morgan fingerprint density at radius 2 is 2.25 bits per heavy atom. The lowest BCUT2D eigenvalue weighted by Crippen LogP contribution is -2.20. The average molecular weight is 358 g/mol. The topological polar surface area (TPSA) is 116 Å². The molecule has 0 aliphatic rings. The highest BCUT2D eigenvalue weighted by Gasteiger charge is 2.07. The molecule has 0 radical (unpaired) electrons. The van der Waals surface area contributed by atoms with Crippen LogP contribution in [0.15, 0.2) is 37.5 Å². The molecule has 0 saturated heterocycles. The van der Waals surface area contributed by atoms with Crippen LogP contribution in [-0.2, 0) is 0 Å². The Morgan fingerprint density at radius 3 is 3.00 bits per heavy atom. The van der Waals surface area contributed by atoms with E-state index in [-0.39, 0.29) is 22.6 Å². The van der Waals surface area contributed by atoms with Crippen LogP contribution in [0.2, 0.25) is 0 Å². The Kier molecular flexibility index (Phi) is 4.15. The van der Waals surface area contributed by atoms with Gasteiger partial charge in [0, 0.05) is 0 Å². The smallest absolute Gasteiger partial charge is 0.327 e. The summed E-state index contributed by atoms with van der Waals surface area (Å²) in [4.78, 5) is 31.2. The third kappa shape index (κ3) is 2.86. The van der Waals surface area contributed by atoms with Crippen LogP contribution < -0.4 is 16.7 Å². The summed E-state index contributed by atoms with van der Waals surface area (Å²) in [5.41, 5.74) is 1.83. The zero-order valence-corrected chi connectivity index (χ0v) is 12.3. The van der Waals surface area contributed by atoms with Gasteiger partial charge in [-0.3, -0.25) is 20.2 Å². The third-order valence-electron chi connectivity index (χ3n) is 2.19. The van der Waals surface area contributed by atoms with Crippen LogP contribution >= 0.6 is 28.3 Å². The van der Waals surface area contributed by atoms with Crippen molar-refractivity contribution in [3.05, 3.63) is 45.0 Å². The lowest BCUT2D eigenvalue weighted by atomic mass is 10.5. The number of anilines is 1. The standard InChI is InChI=1S/C10H7N5O3S.BrH/c16-8-6-7(12-9(17)14-8)13-10(19-6)15-11-4-5-2-1-3-18-5;/h1-4H,(H3,12,13,14,15,16,17);1H/b11-4+;. The van der Waals surface area contributed by atoms with E-state index >= 15 is 0 Å². The van der Waals surface area contributed by atoms with E-state index in [0.29, 0.717) is 15.6 Å². The van der Waals surface area contributed by atoms with Gasteiger partial charge in [0.25, 0.3) is 5.56 Å². The number of fused-ring (bicyclic) bond motifs is 1. The molecule has 104 valence electrons. The van der Waals surface area contributed by atoms with E-state index < -0.39 is 11.2 Å². The Morgan fingerprint density at radius 1 is 1.40 bits per heavy atom. The molecule has 0 unspecified atom stereocenters. The van der Waals surface area contributed by atoms with Crippen LogP contribution in [0.4, 0.5) is 5.13 Å². The monoisotopic (exact) mass is 357 g/mol. The van der Waals surface area contributed by atoms with Gasteiger partial charge in [-0.25, -0.2) is 9.78 Å². The van der Waals surface area contributed by atoms with E-state index in [1.807, 2.05) is 0 Å². The number of halogens is 1. The van der Waals surface area contributed by atoms with Crippen molar-refractivity contribution in [1.82, 2.24) is 15.0 Å². The summed E-state index contributed by atoms with van der Waals surface area (Å²) in [6.07, 6.45) is 3.00. The lowest BCUT2D eigenvalue weighted by Gasteiger charge is -1.89. The minimum absolute atomic E-state index is 0. The molecule has 3 aromatic heterocycles. The van der Waals surface area contributed by atoms with Crippen LogP contribution in [0.1, 0.15) is 5.76 Å². The molecule has 0 bridgehead atoms. The molecule has 0 amide bonds. The van der Waals surface area contributed by atoms with Gasteiger partial charge in [-0.1, -0.05) is 11.3 Å². The summed E-state index contributed by atoms with van der Waals surface area (Å²) in [6, 6.07) is 3.48. The van der Waals surface area contributed by atoms with Gasteiger partial charge in [-0.15, -0.1) is 17.0 Å². The molecule has 0 spiro atoms. The van der Waals surface area contributed by atoms with Crippen molar-refractivity contribution in [2.75, 3.05) is 5.43 Å². The van der Waals surface area contributed by atoms with Gasteiger partial charge in [-0.2, -0.15) is 5.10 Å². The number of aromatic amines is 2. The van der Waals surface area contributed by atoms with Crippen LogP contribution in [0, 0.1) is 0 Å². The molecule has 3 heterocycles. The first-order valence-corrected chi connectivity index (χ1v) is 6.00. The van der Waals surface area contributed by atoms with Crippen molar-refractivity contribution < 1.29 is 4.42 Å². The summed E-state index contributed by atoms with van der Waals surface area (Å²) in [5, 5.41) is 4.30. The van der Waals surface area contributed by atoms with Gasteiger partial charge in [0.05, 0.1) is 12.5 Å². The maximum Gasteiger partial charge on any atom is 0.327 e. The molecule has 8 nitrogen and oxygen atoms in total. The molecule has 0 atom stereocenters. The summed E-state index contributed by atoms with van der Waals surface area (Å²) in [6.45, 7) is 0. The number of thiazole rings is 1. The zero-order valence-electron chi connectivity index (χ0n) is 9.75. The van der Waals surface area contributed by atoms with E-state index in [2.05, 4.69) is 25.5 Å². The van der Waals surface area contributed by atoms with Crippen molar-refractivity contribution in [3.8, 4) is 0 Å². The van der Waals surface area contributed by atoms with E-state index in [1.54, 1.807) is 12.1 Å². The van der Waals surface area contributed by atoms with Gasteiger partial charge < -0.3 is 4.42 Å². The van der Waals surface area contributed by atoms with E-state index in [9.17, 15) is 9.59 Å². The molecule has 3 aromatic rings. The second-order valence-corrected chi connectivity index (χ2v) is 4.49. The summed E-state index contributed by atoms with van der Waals surface area (Å²) >= 11 is 1.09. The number of rotatable bonds is 3. The average Bonchev–Trinajstić information content (AvgIpc) is 2.98. The summed E-state index contributed by atoms with van der Waals surface area (Å²) in [7, 11) is 0. The number of hydrazone groups is 1. The molecular formula is C10H8BrN5O3S. The molecule has 0 fully saturated rings. The van der Waals surface area contributed by atoms with E-state index in [1.165, 1.54) is 12.5 Å². The van der Waals surface area contributed by atoms with Crippen molar-refractivity contribution >= 4 is 50.0 Å². The van der Waals surface area contributed by atoms with Crippen LogP contribution in [0.3, 0.4) is 0 Å². The van der Waals surface area contributed by atoms with Crippen molar-refractivity contribution in [1.29, 1.82) is 0 Å². The fraction of sp³-hybridized carbons (Fsp3) is 0. The first-order chi connectivity index (χ1) is 9.22. The van der Waals surface area contributed by atoms with Gasteiger partial charge in [0.1, 0.15) is 10.5 Å². The Labute approximate surface area is 125 Å². The molecule has 20 heavy (non-hydrogen) atoms. The number of nitrogens with zero attached hydrogens (tertiary/aromatic N) is 2. The first kappa shape index (κ1) is 14.2. The predicted molar refractivity (Wildman–Crippen MR) is 81.1 cm³/mol. The fourth-order valence-corrected chi connectivity index (χ4v) is 2.19. The first-order valence-electron chi connectivity index (χ1n) is 5.18. The van der Waals surface area contributed by atoms with E-state index in [0.717, 1.165) is 11.3 Å². The van der Waals surface area contributed by atoms with E-state index in [4.69, 9.17) is 4.42 Å². The highest BCUT2D eigenvalue weighted by atomic mass is 79.9. The molecule has 3 N–H and O–H groups in total. The second kappa shape index (κ2) is 5.84. The van der Waals surface area contributed by atoms with Gasteiger partial charge in [0.2, 0.25) is 5.13 Å². The molecule has 0 saturated carbocycles. The van der Waals surface area contributed by atoms with Gasteiger partial charge >= 0.3 is 5.69 Å². The number of furan rings is 1. The number of hydrogen-bond acceptors (Lipinski definition) is 7. The van der Waals surface area contributed by atoms with Crippen molar-refractivity contribution in [2.45, 2.75) is 0 Å². The number of aromatic nitrogens is 3. The second-order valence-electron chi connectivity index (χ2n) is 3.49. The SMILES string of the molecule is Br.O=c1[nH]c(=O)c2sc(N/N=C/c3ccco3)nc2[nH]1. The third-order valence-corrected chi connectivity index (χ3v) is 3.15. The maximum absolute atomic E-state index is 11.5. The molecular weight excluding hydrogens is 350 g/mol. The van der Waals surface area contributed by atoms with Gasteiger partial charge in [-0.05, 0) is 12.1 Å². The predicted octanol–water partition coefficient (Wildman–Crippen LogP) is 1.29. The van der Waals surface area contributed by atoms with Crippen LogP contribution in [-0.4, -0.2) is 21.2 Å². The van der Waals surface area contributed by atoms with Crippen LogP contribution in [0.5, 0.6) is 0 Å². The lowest BCUT2D eigenvalue weighted by molar-refractivity contribution is 0.560. The molecule has 10 heteroatoms. The minimum atomic E-state index is -0.589. The quantitative estimate of drug-likeness (QED) is 0.482. The number of hydrogen-bond donors (Lipinski definition) is 3.